The van der Waals surface area contributed by atoms with Crippen molar-refractivity contribution in [1.29, 1.82) is 0 Å². The molecule has 1 aromatic rings. The van der Waals surface area contributed by atoms with E-state index < -0.39 is 5.91 Å². The number of anilines is 1. The zero-order valence-corrected chi connectivity index (χ0v) is 10.8. The summed E-state index contributed by atoms with van der Waals surface area (Å²) in [4.78, 5) is 24.3. The maximum Gasteiger partial charge on any atom is 0.251 e. The lowest BCUT2D eigenvalue weighted by Gasteiger charge is -2.07. The molecular formula is C12H16N2O2S. The molecule has 0 spiro atoms. The van der Waals surface area contributed by atoms with Crippen LogP contribution in [0.3, 0.4) is 0 Å². The van der Waals surface area contributed by atoms with Crippen LogP contribution in [0.4, 0.5) is 5.00 Å². The van der Waals surface area contributed by atoms with Gasteiger partial charge in [0.05, 0.1) is 5.56 Å². The van der Waals surface area contributed by atoms with Gasteiger partial charge in [-0.25, -0.2) is 0 Å². The van der Waals surface area contributed by atoms with Gasteiger partial charge in [0.25, 0.3) is 5.91 Å². The molecular weight excluding hydrogens is 236 g/mol. The van der Waals surface area contributed by atoms with Gasteiger partial charge in [0.2, 0.25) is 5.91 Å². The zero-order valence-electron chi connectivity index (χ0n) is 10.0. The van der Waals surface area contributed by atoms with E-state index in [1.807, 2.05) is 13.8 Å². The van der Waals surface area contributed by atoms with E-state index in [0.29, 0.717) is 10.6 Å². The summed E-state index contributed by atoms with van der Waals surface area (Å²) in [5.41, 5.74) is 6.97. The SMILES string of the molecule is CC(C)C(=O)Nc1sc2c(c1C(N)=O)CCC2. The molecule has 0 unspecified atom stereocenters. The molecule has 0 aliphatic heterocycles. The second-order valence-electron chi connectivity index (χ2n) is 4.57. The lowest BCUT2D eigenvalue weighted by Crippen LogP contribution is -2.20. The van der Waals surface area contributed by atoms with Gasteiger partial charge in [-0.1, -0.05) is 13.8 Å². The number of hydrogen-bond acceptors (Lipinski definition) is 3. The van der Waals surface area contributed by atoms with Crippen molar-refractivity contribution in [2.75, 3.05) is 5.32 Å². The molecule has 0 atom stereocenters. The Labute approximate surface area is 104 Å². The molecule has 2 rings (SSSR count). The third kappa shape index (κ3) is 2.20. The molecule has 0 fully saturated rings. The first-order valence-corrected chi connectivity index (χ1v) is 6.57. The minimum Gasteiger partial charge on any atom is -0.365 e. The van der Waals surface area contributed by atoms with Crippen molar-refractivity contribution in [1.82, 2.24) is 0 Å². The molecule has 0 aromatic carbocycles. The molecule has 5 heteroatoms. The van der Waals surface area contributed by atoms with Crippen LogP contribution in [0.5, 0.6) is 0 Å². The highest BCUT2D eigenvalue weighted by atomic mass is 32.1. The van der Waals surface area contributed by atoms with Crippen molar-refractivity contribution < 1.29 is 9.59 Å². The van der Waals surface area contributed by atoms with E-state index in [-0.39, 0.29) is 11.8 Å². The van der Waals surface area contributed by atoms with E-state index in [4.69, 9.17) is 5.73 Å². The van der Waals surface area contributed by atoms with Crippen LogP contribution in [0.15, 0.2) is 0 Å². The van der Waals surface area contributed by atoms with E-state index >= 15 is 0 Å². The first-order chi connectivity index (χ1) is 8.00. The van der Waals surface area contributed by atoms with Crippen LogP contribution >= 0.6 is 11.3 Å². The van der Waals surface area contributed by atoms with Gasteiger partial charge in [-0.2, -0.15) is 0 Å². The molecule has 4 nitrogen and oxygen atoms in total. The van der Waals surface area contributed by atoms with Crippen LogP contribution in [-0.4, -0.2) is 11.8 Å². The standard InChI is InChI=1S/C12H16N2O2S/c1-6(2)11(16)14-12-9(10(13)15)7-4-3-5-8(7)17-12/h6H,3-5H2,1-2H3,(H2,13,15)(H,14,16). The van der Waals surface area contributed by atoms with Crippen molar-refractivity contribution in [2.24, 2.45) is 11.7 Å². The van der Waals surface area contributed by atoms with Crippen LogP contribution in [-0.2, 0) is 17.6 Å². The molecule has 0 saturated carbocycles. The highest BCUT2D eigenvalue weighted by molar-refractivity contribution is 7.17. The van der Waals surface area contributed by atoms with Crippen molar-refractivity contribution in [2.45, 2.75) is 33.1 Å². The van der Waals surface area contributed by atoms with Gasteiger partial charge in [0.15, 0.2) is 0 Å². The highest BCUT2D eigenvalue weighted by Gasteiger charge is 2.26. The Morgan fingerprint density at radius 2 is 2.06 bits per heavy atom. The molecule has 1 heterocycles. The summed E-state index contributed by atoms with van der Waals surface area (Å²) < 4.78 is 0. The minimum atomic E-state index is -0.441. The summed E-state index contributed by atoms with van der Waals surface area (Å²) in [6.45, 7) is 3.64. The monoisotopic (exact) mass is 252 g/mol. The lowest BCUT2D eigenvalue weighted by molar-refractivity contribution is -0.118. The largest absolute Gasteiger partial charge is 0.365 e. The summed E-state index contributed by atoms with van der Waals surface area (Å²) in [6, 6.07) is 0. The molecule has 17 heavy (non-hydrogen) atoms. The number of amides is 2. The van der Waals surface area contributed by atoms with Gasteiger partial charge in [-0.05, 0) is 24.8 Å². The third-order valence-electron chi connectivity index (χ3n) is 2.93. The maximum atomic E-state index is 11.7. The second kappa shape index (κ2) is 4.49. The number of nitrogens with two attached hydrogens (primary N) is 1. The van der Waals surface area contributed by atoms with Crippen LogP contribution in [0.25, 0.3) is 0 Å². The summed E-state index contributed by atoms with van der Waals surface area (Å²) >= 11 is 1.49. The normalized spacial score (nSPS) is 13.8. The minimum absolute atomic E-state index is 0.0765. The maximum absolute atomic E-state index is 11.7. The van der Waals surface area contributed by atoms with Gasteiger partial charge in [-0.15, -0.1) is 11.3 Å². The summed E-state index contributed by atoms with van der Waals surface area (Å²) in [5, 5.41) is 3.43. The molecule has 2 amide bonds. The van der Waals surface area contributed by atoms with E-state index in [1.54, 1.807) is 0 Å². The molecule has 0 bridgehead atoms. The Hall–Kier alpha value is -1.36. The predicted molar refractivity (Wildman–Crippen MR) is 68.3 cm³/mol. The van der Waals surface area contributed by atoms with Gasteiger partial charge in [0.1, 0.15) is 5.00 Å². The van der Waals surface area contributed by atoms with Crippen LogP contribution in [0, 0.1) is 5.92 Å². The molecule has 1 aliphatic rings. The molecule has 0 saturated heterocycles. The van der Waals surface area contributed by atoms with Gasteiger partial charge >= 0.3 is 0 Å². The smallest absolute Gasteiger partial charge is 0.251 e. The zero-order chi connectivity index (χ0) is 12.6. The molecule has 92 valence electrons. The number of carbonyl (C=O) groups excluding carboxylic acids is 2. The van der Waals surface area contributed by atoms with Crippen molar-refractivity contribution in [3.05, 3.63) is 16.0 Å². The number of aryl methyl sites for hydroxylation is 1. The number of rotatable bonds is 3. The van der Waals surface area contributed by atoms with E-state index in [1.165, 1.54) is 16.2 Å². The third-order valence-corrected chi connectivity index (χ3v) is 4.14. The Bertz CT molecular complexity index is 477. The van der Waals surface area contributed by atoms with Gasteiger partial charge in [-0.3, -0.25) is 9.59 Å². The van der Waals surface area contributed by atoms with E-state index in [0.717, 1.165) is 24.8 Å². The molecule has 0 radical (unpaired) electrons. The summed E-state index contributed by atoms with van der Waals surface area (Å²) in [5.74, 6) is -0.622. The van der Waals surface area contributed by atoms with Crippen LogP contribution < -0.4 is 11.1 Å². The quantitative estimate of drug-likeness (QED) is 0.862. The average Bonchev–Trinajstić information content (AvgIpc) is 2.75. The number of carbonyl (C=O) groups is 2. The fraction of sp³-hybridized carbons (Fsp3) is 0.500. The number of thiophene rings is 1. The van der Waals surface area contributed by atoms with Crippen LogP contribution in [0.2, 0.25) is 0 Å². The Balaban J connectivity index is 2.35. The molecule has 1 aromatic heterocycles. The number of nitrogens with one attached hydrogen (secondary N) is 1. The van der Waals surface area contributed by atoms with Crippen LogP contribution in [0.1, 0.15) is 41.1 Å². The van der Waals surface area contributed by atoms with E-state index in [2.05, 4.69) is 5.32 Å². The second-order valence-corrected chi connectivity index (χ2v) is 5.67. The fourth-order valence-electron chi connectivity index (χ4n) is 2.01. The number of primary amides is 1. The van der Waals surface area contributed by atoms with Gasteiger partial charge in [0, 0.05) is 10.8 Å². The molecule has 1 aliphatic carbocycles. The summed E-state index contributed by atoms with van der Waals surface area (Å²) in [6.07, 6.45) is 2.94. The Morgan fingerprint density at radius 3 is 2.65 bits per heavy atom. The topological polar surface area (TPSA) is 72.2 Å². The first kappa shape index (κ1) is 12.1. The Kier molecular flexibility index (Phi) is 3.19. The first-order valence-electron chi connectivity index (χ1n) is 5.76. The molecule has 3 N–H and O–H groups in total. The van der Waals surface area contributed by atoms with Gasteiger partial charge < -0.3 is 11.1 Å². The average molecular weight is 252 g/mol. The van der Waals surface area contributed by atoms with Crippen molar-refractivity contribution >= 4 is 28.2 Å². The van der Waals surface area contributed by atoms with Crippen molar-refractivity contribution in [3.8, 4) is 0 Å². The number of fused-ring (bicyclic) bond motifs is 1. The predicted octanol–water partition coefficient (Wildman–Crippen LogP) is 1.93. The lowest BCUT2D eigenvalue weighted by atomic mass is 10.1. The Morgan fingerprint density at radius 1 is 1.35 bits per heavy atom. The summed E-state index contributed by atoms with van der Waals surface area (Å²) in [7, 11) is 0. The van der Waals surface area contributed by atoms with Crippen molar-refractivity contribution in [3.63, 3.8) is 0 Å². The fourth-order valence-corrected chi connectivity index (χ4v) is 3.31. The number of hydrogen-bond donors (Lipinski definition) is 2. The highest BCUT2D eigenvalue weighted by Crippen LogP contribution is 2.38. The van der Waals surface area contributed by atoms with E-state index in [9.17, 15) is 9.59 Å².